The van der Waals surface area contributed by atoms with E-state index in [1.165, 1.54) is 0 Å². The summed E-state index contributed by atoms with van der Waals surface area (Å²) in [5, 5.41) is 22.1. The van der Waals surface area contributed by atoms with Gasteiger partial charge in [0.15, 0.2) is 0 Å². The minimum absolute atomic E-state index is 0.171. The fourth-order valence-electron chi connectivity index (χ4n) is 1.87. The van der Waals surface area contributed by atoms with E-state index in [-0.39, 0.29) is 12.8 Å². The van der Waals surface area contributed by atoms with Gasteiger partial charge in [-0.1, -0.05) is 13.8 Å². The highest BCUT2D eigenvalue weighted by atomic mass is 16.4. The first-order chi connectivity index (χ1) is 11.5. The Bertz CT molecular complexity index is 535. The molecule has 0 aliphatic rings. The molecule has 0 unspecified atom stereocenters. The van der Waals surface area contributed by atoms with Crippen LogP contribution in [0.4, 0.5) is 0 Å². The normalized spacial score (nSPS) is 14.2. The molecule has 0 aromatic rings. The van der Waals surface area contributed by atoms with E-state index < -0.39 is 60.1 Å². The van der Waals surface area contributed by atoms with Gasteiger partial charge in [0.1, 0.15) is 12.1 Å². The first kappa shape index (κ1) is 22.3. The number of nitrogens with two attached hydrogens (primary N) is 2. The van der Waals surface area contributed by atoms with Crippen LogP contribution in [0, 0.1) is 5.92 Å². The van der Waals surface area contributed by atoms with Gasteiger partial charge in [-0.3, -0.25) is 19.2 Å². The van der Waals surface area contributed by atoms with Crippen LogP contribution in [-0.2, 0) is 24.0 Å². The summed E-state index contributed by atoms with van der Waals surface area (Å²) in [6.45, 7) is 3.14. The fraction of sp³-hybridized carbons (Fsp3) is 0.643. The van der Waals surface area contributed by atoms with Gasteiger partial charge in [-0.05, 0) is 12.3 Å². The van der Waals surface area contributed by atoms with Crippen LogP contribution in [-0.4, -0.2) is 58.0 Å². The van der Waals surface area contributed by atoms with Crippen LogP contribution in [0.25, 0.3) is 0 Å². The second-order valence-corrected chi connectivity index (χ2v) is 5.84. The molecule has 142 valence electrons. The largest absolute Gasteiger partial charge is 0.481 e. The van der Waals surface area contributed by atoms with E-state index >= 15 is 0 Å². The number of aliphatic carboxylic acids is 2. The number of carbonyl (C=O) groups is 5. The van der Waals surface area contributed by atoms with E-state index in [0.717, 1.165) is 0 Å². The van der Waals surface area contributed by atoms with Crippen molar-refractivity contribution in [3.8, 4) is 0 Å². The van der Waals surface area contributed by atoms with Gasteiger partial charge >= 0.3 is 11.9 Å². The predicted octanol–water partition coefficient (Wildman–Crippen LogP) is -2.24. The molecule has 3 amide bonds. The number of hydrogen-bond donors (Lipinski definition) is 6. The van der Waals surface area contributed by atoms with Gasteiger partial charge in [0.2, 0.25) is 17.7 Å². The fourth-order valence-corrected chi connectivity index (χ4v) is 1.87. The molecule has 0 heterocycles. The Morgan fingerprint density at radius 2 is 1.56 bits per heavy atom. The summed E-state index contributed by atoms with van der Waals surface area (Å²) in [5.41, 5.74) is 10.6. The van der Waals surface area contributed by atoms with Crippen LogP contribution in [0.2, 0.25) is 0 Å². The summed E-state index contributed by atoms with van der Waals surface area (Å²) >= 11 is 0. The summed E-state index contributed by atoms with van der Waals surface area (Å²) < 4.78 is 0. The lowest BCUT2D eigenvalue weighted by Gasteiger charge is -2.23. The van der Waals surface area contributed by atoms with Gasteiger partial charge in [-0.15, -0.1) is 0 Å². The molecule has 0 aliphatic heterocycles. The van der Waals surface area contributed by atoms with Crippen LogP contribution < -0.4 is 22.1 Å². The lowest BCUT2D eigenvalue weighted by Crippen LogP contribution is -2.56. The van der Waals surface area contributed by atoms with E-state index in [1.807, 2.05) is 0 Å². The van der Waals surface area contributed by atoms with Gasteiger partial charge in [-0.2, -0.15) is 0 Å². The molecule has 0 rings (SSSR count). The van der Waals surface area contributed by atoms with Crippen molar-refractivity contribution in [2.45, 2.75) is 51.2 Å². The summed E-state index contributed by atoms with van der Waals surface area (Å²) in [5.74, 6) is -5.50. The third kappa shape index (κ3) is 8.65. The molecule has 0 aromatic heterocycles. The number of amides is 3. The summed E-state index contributed by atoms with van der Waals surface area (Å²) in [7, 11) is 0. The average molecular weight is 360 g/mol. The predicted molar refractivity (Wildman–Crippen MR) is 85.0 cm³/mol. The molecule has 0 radical (unpaired) electrons. The molecule has 11 nitrogen and oxygen atoms in total. The van der Waals surface area contributed by atoms with Crippen LogP contribution in [0.1, 0.15) is 33.1 Å². The lowest BCUT2D eigenvalue weighted by atomic mass is 10.0. The number of nitrogens with one attached hydrogen (secondary N) is 2. The van der Waals surface area contributed by atoms with E-state index in [9.17, 15) is 24.0 Å². The average Bonchev–Trinajstić information content (AvgIpc) is 2.47. The Labute approximate surface area is 144 Å². The van der Waals surface area contributed by atoms with Crippen LogP contribution in [0.5, 0.6) is 0 Å². The van der Waals surface area contributed by atoms with Crippen molar-refractivity contribution in [3.63, 3.8) is 0 Å². The third-order valence-electron chi connectivity index (χ3n) is 3.27. The SMILES string of the molecule is CC(C)[C@H](NC(=O)[C@H](CC(N)=O)NC(=O)[C@@H](N)CCC(=O)O)C(=O)O. The van der Waals surface area contributed by atoms with E-state index in [0.29, 0.717) is 0 Å². The molecule has 0 bridgehead atoms. The summed E-state index contributed by atoms with van der Waals surface area (Å²) in [4.78, 5) is 56.8. The molecule has 8 N–H and O–H groups in total. The van der Waals surface area contributed by atoms with Crippen LogP contribution in [0.3, 0.4) is 0 Å². The monoisotopic (exact) mass is 360 g/mol. The molecule has 0 aromatic carbocycles. The third-order valence-corrected chi connectivity index (χ3v) is 3.27. The number of carbonyl (C=O) groups excluding carboxylic acids is 3. The maximum atomic E-state index is 12.2. The van der Waals surface area contributed by atoms with Crippen molar-refractivity contribution in [2.75, 3.05) is 0 Å². The second-order valence-electron chi connectivity index (χ2n) is 5.84. The first-order valence-corrected chi connectivity index (χ1v) is 7.54. The van der Waals surface area contributed by atoms with Gasteiger partial charge in [0.25, 0.3) is 0 Å². The quantitative estimate of drug-likeness (QED) is 0.237. The highest BCUT2D eigenvalue weighted by molar-refractivity contribution is 5.94. The van der Waals surface area contributed by atoms with Crippen molar-refractivity contribution in [3.05, 3.63) is 0 Å². The highest BCUT2D eigenvalue weighted by Crippen LogP contribution is 2.04. The smallest absolute Gasteiger partial charge is 0.326 e. The Balaban J connectivity index is 5.01. The van der Waals surface area contributed by atoms with Gasteiger partial charge in [0.05, 0.1) is 12.5 Å². The zero-order chi connectivity index (χ0) is 19.7. The zero-order valence-corrected chi connectivity index (χ0v) is 14.0. The standard InChI is InChI=1S/C14H24N4O7/c1-6(2)11(14(24)25)18-13(23)8(5-9(16)19)17-12(22)7(15)3-4-10(20)21/h6-8,11H,3-5,15H2,1-2H3,(H2,16,19)(H,17,22)(H,18,23)(H,20,21)(H,24,25)/t7-,8-,11-/m0/s1. The summed E-state index contributed by atoms with van der Waals surface area (Å²) in [6.07, 6.45) is -1.08. The maximum absolute atomic E-state index is 12.2. The molecular weight excluding hydrogens is 336 g/mol. The maximum Gasteiger partial charge on any atom is 0.326 e. The molecule has 3 atom stereocenters. The Kier molecular flexibility index (Phi) is 9.13. The van der Waals surface area contributed by atoms with E-state index in [1.54, 1.807) is 13.8 Å². The number of primary amides is 1. The zero-order valence-electron chi connectivity index (χ0n) is 14.0. The van der Waals surface area contributed by atoms with Crippen molar-refractivity contribution < 1.29 is 34.2 Å². The molecule has 0 spiro atoms. The Morgan fingerprint density at radius 1 is 1.00 bits per heavy atom. The highest BCUT2D eigenvalue weighted by Gasteiger charge is 2.30. The molecule has 11 heteroatoms. The molecule has 25 heavy (non-hydrogen) atoms. The topological polar surface area (TPSA) is 202 Å². The van der Waals surface area contributed by atoms with Crippen molar-refractivity contribution in [2.24, 2.45) is 17.4 Å². The lowest BCUT2D eigenvalue weighted by molar-refractivity contribution is -0.143. The Hall–Kier alpha value is -2.69. The molecule has 0 saturated heterocycles. The molecule has 0 aliphatic carbocycles. The van der Waals surface area contributed by atoms with Gasteiger partial charge < -0.3 is 32.3 Å². The van der Waals surface area contributed by atoms with Gasteiger partial charge in [0, 0.05) is 6.42 Å². The number of rotatable bonds is 11. The summed E-state index contributed by atoms with van der Waals surface area (Å²) in [6, 6.07) is -3.85. The van der Waals surface area contributed by atoms with Crippen molar-refractivity contribution in [1.29, 1.82) is 0 Å². The molecule has 0 fully saturated rings. The second kappa shape index (κ2) is 10.2. The Morgan fingerprint density at radius 3 is 1.96 bits per heavy atom. The van der Waals surface area contributed by atoms with E-state index in [2.05, 4.69) is 10.6 Å². The van der Waals surface area contributed by atoms with Crippen LogP contribution >= 0.6 is 0 Å². The van der Waals surface area contributed by atoms with Gasteiger partial charge in [-0.25, -0.2) is 4.79 Å². The van der Waals surface area contributed by atoms with Crippen molar-refractivity contribution >= 4 is 29.7 Å². The van der Waals surface area contributed by atoms with E-state index in [4.69, 9.17) is 21.7 Å². The minimum Gasteiger partial charge on any atom is -0.481 e. The van der Waals surface area contributed by atoms with Crippen LogP contribution in [0.15, 0.2) is 0 Å². The number of carboxylic acid groups (broad SMARTS) is 2. The van der Waals surface area contributed by atoms with Crippen molar-refractivity contribution in [1.82, 2.24) is 10.6 Å². The first-order valence-electron chi connectivity index (χ1n) is 7.54. The molecule has 0 saturated carbocycles. The number of carboxylic acids is 2. The minimum atomic E-state index is -1.42. The molecular formula is C14H24N4O7. The number of hydrogen-bond acceptors (Lipinski definition) is 6.